The summed E-state index contributed by atoms with van der Waals surface area (Å²) in [6, 6.07) is 20.0. The summed E-state index contributed by atoms with van der Waals surface area (Å²) in [6.07, 6.45) is -0.0684. The molecule has 3 nitrogen and oxygen atoms in total. The van der Waals surface area contributed by atoms with Gasteiger partial charge in [0.15, 0.2) is 0 Å². The van der Waals surface area contributed by atoms with Crippen LogP contribution in [0.5, 0.6) is 0 Å². The van der Waals surface area contributed by atoms with Crippen molar-refractivity contribution in [2.75, 3.05) is 11.4 Å². The standard InChI is InChI=1S/C15H14N2O/c18-14-11-17(13-9-5-2-6-10-13)15(16-14)12-7-3-1-4-8-12/h1-10,15H,11H2,(H,16,18)/t15-/m0/s1. The smallest absolute Gasteiger partial charge is 0.241 e. The summed E-state index contributed by atoms with van der Waals surface area (Å²) >= 11 is 0. The zero-order valence-corrected chi connectivity index (χ0v) is 9.91. The summed E-state index contributed by atoms with van der Waals surface area (Å²) in [5.41, 5.74) is 2.16. The maximum Gasteiger partial charge on any atom is 0.241 e. The van der Waals surface area contributed by atoms with Gasteiger partial charge in [-0.25, -0.2) is 0 Å². The van der Waals surface area contributed by atoms with E-state index in [-0.39, 0.29) is 12.1 Å². The first-order chi connectivity index (χ1) is 8.84. The number of hydrogen-bond donors (Lipinski definition) is 1. The largest absolute Gasteiger partial charge is 0.338 e. The second kappa shape index (κ2) is 4.53. The van der Waals surface area contributed by atoms with Crippen LogP contribution in [0.15, 0.2) is 60.7 Å². The molecular weight excluding hydrogens is 224 g/mol. The molecule has 3 heteroatoms. The Labute approximate surface area is 106 Å². The van der Waals surface area contributed by atoms with Gasteiger partial charge in [0.2, 0.25) is 5.91 Å². The van der Waals surface area contributed by atoms with Crippen LogP contribution in [0.2, 0.25) is 0 Å². The monoisotopic (exact) mass is 238 g/mol. The van der Waals surface area contributed by atoms with Crippen LogP contribution >= 0.6 is 0 Å². The fourth-order valence-electron chi connectivity index (χ4n) is 2.28. The van der Waals surface area contributed by atoms with Gasteiger partial charge < -0.3 is 10.2 Å². The Hall–Kier alpha value is -2.29. The third-order valence-corrected chi connectivity index (χ3v) is 3.13. The molecule has 1 heterocycles. The van der Waals surface area contributed by atoms with E-state index in [9.17, 15) is 4.79 Å². The molecule has 0 bridgehead atoms. The molecular formula is C15H14N2O. The van der Waals surface area contributed by atoms with Gasteiger partial charge in [-0.05, 0) is 17.7 Å². The third-order valence-electron chi connectivity index (χ3n) is 3.13. The quantitative estimate of drug-likeness (QED) is 0.870. The van der Waals surface area contributed by atoms with Gasteiger partial charge in [0.25, 0.3) is 0 Å². The van der Waals surface area contributed by atoms with E-state index in [2.05, 4.69) is 10.2 Å². The molecule has 1 aliphatic heterocycles. The minimum Gasteiger partial charge on any atom is -0.338 e. The topological polar surface area (TPSA) is 32.3 Å². The predicted molar refractivity (Wildman–Crippen MR) is 71.1 cm³/mol. The first kappa shape index (κ1) is 10.8. The highest BCUT2D eigenvalue weighted by atomic mass is 16.2. The van der Waals surface area contributed by atoms with Crippen molar-refractivity contribution < 1.29 is 4.79 Å². The second-order valence-electron chi connectivity index (χ2n) is 4.34. The number of carbonyl (C=O) groups is 1. The SMILES string of the molecule is O=C1CN(c2ccccc2)[C@@H](c2ccccc2)N1. The average Bonchev–Trinajstić information content (AvgIpc) is 2.83. The van der Waals surface area contributed by atoms with Crippen LogP contribution < -0.4 is 10.2 Å². The van der Waals surface area contributed by atoms with Crippen molar-refractivity contribution >= 4 is 11.6 Å². The minimum atomic E-state index is -0.0684. The van der Waals surface area contributed by atoms with E-state index < -0.39 is 0 Å². The highest BCUT2D eigenvalue weighted by molar-refractivity contribution is 5.85. The van der Waals surface area contributed by atoms with Crippen LogP contribution in [0.4, 0.5) is 5.69 Å². The van der Waals surface area contributed by atoms with Crippen molar-refractivity contribution in [2.24, 2.45) is 0 Å². The predicted octanol–water partition coefficient (Wildman–Crippen LogP) is 2.32. The van der Waals surface area contributed by atoms with Gasteiger partial charge in [-0.2, -0.15) is 0 Å². The van der Waals surface area contributed by atoms with E-state index in [0.29, 0.717) is 6.54 Å². The summed E-state index contributed by atoms with van der Waals surface area (Å²) in [4.78, 5) is 13.7. The molecule has 0 aliphatic carbocycles. The first-order valence-electron chi connectivity index (χ1n) is 6.00. The summed E-state index contributed by atoms with van der Waals surface area (Å²) in [6.45, 7) is 0.406. The Balaban J connectivity index is 1.96. The highest BCUT2D eigenvalue weighted by Crippen LogP contribution is 2.27. The molecule has 0 aromatic heterocycles. The molecule has 1 N–H and O–H groups in total. The molecule has 1 saturated heterocycles. The fourth-order valence-corrected chi connectivity index (χ4v) is 2.28. The maximum atomic E-state index is 11.7. The lowest BCUT2D eigenvalue weighted by molar-refractivity contribution is -0.118. The van der Waals surface area contributed by atoms with Gasteiger partial charge in [0.1, 0.15) is 6.17 Å². The number of anilines is 1. The summed E-state index contributed by atoms with van der Waals surface area (Å²) in [5.74, 6) is 0.0627. The van der Waals surface area contributed by atoms with E-state index in [4.69, 9.17) is 0 Å². The Bertz CT molecular complexity index is 489. The normalized spacial score (nSPS) is 18.8. The van der Waals surface area contributed by atoms with Crippen molar-refractivity contribution in [3.8, 4) is 0 Å². The van der Waals surface area contributed by atoms with Gasteiger partial charge in [0, 0.05) is 5.69 Å². The summed E-state index contributed by atoms with van der Waals surface area (Å²) in [7, 11) is 0. The number of para-hydroxylation sites is 1. The molecule has 3 rings (SSSR count). The number of hydrogen-bond acceptors (Lipinski definition) is 2. The Morgan fingerprint density at radius 3 is 2.22 bits per heavy atom. The molecule has 0 spiro atoms. The van der Waals surface area contributed by atoms with Gasteiger partial charge in [-0.1, -0.05) is 48.5 Å². The van der Waals surface area contributed by atoms with Crippen LogP contribution in [0.3, 0.4) is 0 Å². The van der Waals surface area contributed by atoms with Crippen LogP contribution in [0.25, 0.3) is 0 Å². The van der Waals surface area contributed by atoms with Crippen LogP contribution in [0, 0.1) is 0 Å². The number of nitrogens with zero attached hydrogens (tertiary/aromatic N) is 1. The maximum absolute atomic E-state index is 11.7. The number of nitrogens with one attached hydrogen (secondary N) is 1. The zero-order chi connectivity index (χ0) is 12.4. The lowest BCUT2D eigenvalue weighted by Gasteiger charge is -2.25. The number of benzene rings is 2. The number of rotatable bonds is 2. The summed E-state index contributed by atoms with van der Waals surface area (Å²) in [5, 5.41) is 3.01. The fraction of sp³-hybridized carbons (Fsp3) is 0.133. The van der Waals surface area contributed by atoms with Crippen molar-refractivity contribution in [3.05, 3.63) is 66.2 Å². The van der Waals surface area contributed by atoms with Crippen molar-refractivity contribution in [1.29, 1.82) is 0 Å². The highest BCUT2D eigenvalue weighted by Gasteiger charge is 2.30. The zero-order valence-electron chi connectivity index (χ0n) is 9.91. The van der Waals surface area contributed by atoms with Crippen LogP contribution in [0.1, 0.15) is 11.7 Å². The Kier molecular flexibility index (Phi) is 2.73. The van der Waals surface area contributed by atoms with E-state index >= 15 is 0 Å². The molecule has 0 radical (unpaired) electrons. The lowest BCUT2D eigenvalue weighted by Crippen LogP contribution is -2.27. The molecule has 1 amide bonds. The van der Waals surface area contributed by atoms with Gasteiger partial charge in [-0.15, -0.1) is 0 Å². The van der Waals surface area contributed by atoms with Crippen LogP contribution in [-0.2, 0) is 4.79 Å². The molecule has 0 unspecified atom stereocenters. The van der Waals surface area contributed by atoms with Crippen molar-refractivity contribution in [3.63, 3.8) is 0 Å². The van der Waals surface area contributed by atoms with E-state index in [1.54, 1.807) is 0 Å². The molecule has 90 valence electrons. The minimum absolute atomic E-state index is 0.0627. The van der Waals surface area contributed by atoms with Gasteiger partial charge in [-0.3, -0.25) is 4.79 Å². The lowest BCUT2D eigenvalue weighted by atomic mass is 10.1. The number of carbonyl (C=O) groups excluding carboxylic acids is 1. The third kappa shape index (κ3) is 1.95. The molecule has 2 aromatic carbocycles. The van der Waals surface area contributed by atoms with Gasteiger partial charge in [0.05, 0.1) is 6.54 Å². The molecule has 2 aromatic rings. The average molecular weight is 238 g/mol. The number of amides is 1. The molecule has 18 heavy (non-hydrogen) atoms. The molecule has 1 atom stereocenters. The Morgan fingerprint density at radius 1 is 0.944 bits per heavy atom. The Morgan fingerprint density at radius 2 is 1.56 bits per heavy atom. The van der Waals surface area contributed by atoms with Crippen molar-refractivity contribution in [1.82, 2.24) is 5.32 Å². The van der Waals surface area contributed by atoms with E-state index in [0.717, 1.165) is 11.3 Å². The first-order valence-corrected chi connectivity index (χ1v) is 6.00. The van der Waals surface area contributed by atoms with Crippen LogP contribution in [-0.4, -0.2) is 12.5 Å². The van der Waals surface area contributed by atoms with E-state index in [1.807, 2.05) is 60.7 Å². The van der Waals surface area contributed by atoms with E-state index in [1.165, 1.54) is 0 Å². The van der Waals surface area contributed by atoms with Gasteiger partial charge >= 0.3 is 0 Å². The van der Waals surface area contributed by atoms with Crippen molar-refractivity contribution in [2.45, 2.75) is 6.17 Å². The molecule has 1 aliphatic rings. The summed E-state index contributed by atoms with van der Waals surface area (Å²) < 4.78 is 0. The molecule has 1 fully saturated rings. The second-order valence-corrected chi connectivity index (χ2v) is 4.34. The molecule has 0 saturated carbocycles.